The van der Waals surface area contributed by atoms with Gasteiger partial charge in [-0.2, -0.15) is 8.42 Å². The third kappa shape index (κ3) is 2.17. The van der Waals surface area contributed by atoms with Crippen LogP contribution in [0.4, 0.5) is 0 Å². The molecule has 0 aromatic heterocycles. The first-order valence-corrected chi connectivity index (χ1v) is 8.23. The van der Waals surface area contributed by atoms with E-state index in [1.807, 2.05) is 0 Å². The van der Waals surface area contributed by atoms with Crippen LogP contribution in [-0.2, 0) is 28.6 Å². The van der Waals surface area contributed by atoms with Crippen LogP contribution in [0.25, 0.3) is 0 Å². The molecule has 5 unspecified atom stereocenters. The summed E-state index contributed by atoms with van der Waals surface area (Å²) >= 11 is 0. The molecule has 2 aliphatic carbocycles. The van der Waals surface area contributed by atoms with Gasteiger partial charge in [-0.25, -0.2) is 4.79 Å². The fourth-order valence-electron chi connectivity index (χ4n) is 3.55. The highest BCUT2D eigenvalue weighted by molar-refractivity contribution is 7.87. The van der Waals surface area contributed by atoms with Gasteiger partial charge in [0.1, 0.15) is 12.7 Å². The van der Waals surface area contributed by atoms with E-state index in [4.69, 9.17) is 13.7 Å². The highest BCUT2D eigenvalue weighted by atomic mass is 32.2. The van der Waals surface area contributed by atoms with Gasteiger partial charge in [0.25, 0.3) is 10.1 Å². The molecule has 3 aliphatic rings. The lowest BCUT2D eigenvalue weighted by Crippen LogP contribution is -2.36. The fourth-order valence-corrected chi connectivity index (χ4v) is 5.44. The van der Waals surface area contributed by atoms with Crippen LogP contribution >= 0.6 is 0 Å². The second kappa shape index (κ2) is 4.82. The molecule has 112 valence electrons. The van der Waals surface area contributed by atoms with E-state index in [9.17, 15) is 13.2 Å². The van der Waals surface area contributed by atoms with Crippen LogP contribution in [0, 0.1) is 11.8 Å². The van der Waals surface area contributed by atoms with Gasteiger partial charge in [0.15, 0.2) is 0 Å². The Balaban J connectivity index is 1.51. The van der Waals surface area contributed by atoms with Crippen molar-refractivity contribution in [2.45, 2.75) is 37.2 Å². The first-order chi connectivity index (χ1) is 9.40. The Bertz CT molecular complexity index is 539. The van der Waals surface area contributed by atoms with E-state index >= 15 is 0 Å². The van der Waals surface area contributed by atoms with E-state index in [1.165, 1.54) is 0 Å². The smallest absolute Gasteiger partial charge is 0.333 e. The van der Waals surface area contributed by atoms with Crippen LogP contribution in [0.1, 0.15) is 19.8 Å². The molecule has 0 amide bonds. The van der Waals surface area contributed by atoms with Gasteiger partial charge >= 0.3 is 5.97 Å². The molecule has 5 atom stereocenters. The largest absolute Gasteiger partial charge is 0.460 e. The molecular formula is C13H18O6S. The molecule has 3 fully saturated rings. The number of rotatable bonds is 5. The lowest BCUT2D eigenvalue weighted by Gasteiger charge is -2.25. The lowest BCUT2D eigenvalue weighted by molar-refractivity contribution is -0.142. The summed E-state index contributed by atoms with van der Waals surface area (Å²) in [5.74, 6) is -0.126. The Morgan fingerprint density at radius 3 is 2.80 bits per heavy atom. The van der Waals surface area contributed by atoms with Crippen molar-refractivity contribution >= 4 is 16.1 Å². The summed E-state index contributed by atoms with van der Waals surface area (Å²) in [4.78, 5) is 11.2. The summed E-state index contributed by atoms with van der Waals surface area (Å²) in [7, 11) is -3.40. The minimum atomic E-state index is -3.40. The maximum atomic E-state index is 11.8. The molecule has 0 spiro atoms. The first-order valence-electron chi connectivity index (χ1n) is 6.76. The Morgan fingerprint density at radius 2 is 2.10 bits per heavy atom. The standard InChI is InChI=1S/C13H18O6S/c1-7(2)13(14)18-4-3-17-11-8-5-9-10(6-8)20(15,16)19-12(9)11/h8-12H,1,3-6H2,2H3. The van der Waals surface area contributed by atoms with Crippen molar-refractivity contribution in [2.75, 3.05) is 13.2 Å². The van der Waals surface area contributed by atoms with E-state index < -0.39 is 16.1 Å². The number of fused-ring (bicyclic) bond motifs is 1. The first kappa shape index (κ1) is 14.0. The average Bonchev–Trinajstić information content (AvgIpc) is 2.96. The normalized spacial score (nSPS) is 40.0. The summed E-state index contributed by atoms with van der Waals surface area (Å²) in [6, 6.07) is 0. The summed E-state index contributed by atoms with van der Waals surface area (Å²) in [5, 5.41) is -0.335. The zero-order valence-corrected chi connectivity index (χ0v) is 12.1. The average molecular weight is 302 g/mol. The van der Waals surface area contributed by atoms with Crippen LogP contribution in [0.15, 0.2) is 12.2 Å². The molecule has 1 aliphatic heterocycles. The summed E-state index contributed by atoms with van der Waals surface area (Å²) in [5.41, 5.74) is 0.345. The molecule has 0 aromatic carbocycles. The minimum Gasteiger partial charge on any atom is -0.460 e. The van der Waals surface area contributed by atoms with Crippen LogP contribution < -0.4 is 0 Å². The van der Waals surface area contributed by atoms with Gasteiger partial charge in [-0.15, -0.1) is 0 Å². The molecule has 0 N–H and O–H groups in total. The molecule has 1 saturated heterocycles. The SMILES string of the molecule is C=C(C)C(=O)OCCOC1C2CC3C1OS(=O)(=O)C3C2. The molecule has 7 heteroatoms. The summed E-state index contributed by atoms with van der Waals surface area (Å²) in [6.45, 7) is 5.46. The maximum absolute atomic E-state index is 11.8. The van der Waals surface area contributed by atoms with Crippen molar-refractivity contribution in [3.8, 4) is 0 Å². The van der Waals surface area contributed by atoms with Gasteiger partial charge in [-0.1, -0.05) is 6.58 Å². The second-order valence-electron chi connectivity index (χ2n) is 5.74. The quantitative estimate of drug-likeness (QED) is 0.321. The summed E-state index contributed by atoms with van der Waals surface area (Å²) in [6.07, 6.45) is 0.933. The Labute approximate surface area is 118 Å². The van der Waals surface area contributed by atoms with E-state index in [2.05, 4.69) is 6.58 Å². The van der Waals surface area contributed by atoms with Crippen molar-refractivity contribution < 1.29 is 26.9 Å². The number of carbonyl (C=O) groups excluding carboxylic acids is 1. The topological polar surface area (TPSA) is 78.9 Å². The number of hydrogen-bond donors (Lipinski definition) is 0. The van der Waals surface area contributed by atoms with Gasteiger partial charge in [-0.05, 0) is 25.7 Å². The van der Waals surface area contributed by atoms with Crippen LogP contribution in [0.5, 0.6) is 0 Å². The van der Waals surface area contributed by atoms with E-state index in [1.54, 1.807) is 6.92 Å². The fraction of sp³-hybridized carbons (Fsp3) is 0.769. The van der Waals surface area contributed by atoms with Crippen molar-refractivity contribution in [3.63, 3.8) is 0 Å². The van der Waals surface area contributed by atoms with Gasteiger partial charge in [0.2, 0.25) is 0 Å². The number of esters is 1. The molecule has 20 heavy (non-hydrogen) atoms. The van der Waals surface area contributed by atoms with Crippen LogP contribution in [0.2, 0.25) is 0 Å². The van der Waals surface area contributed by atoms with Gasteiger partial charge in [-0.3, -0.25) is 4.18 Å². The lowest BCUT2D eigenvalue weighted by atomic mass is 9.94. The second-order valence-corrected chi connectivity index (χ2v) is 7.52. The molecule has 2 saturated carbocycles. The molecule has 2 bridgehead atoms. The van der Waals surface area contributed by atoms with E-state index in [0.29, 0.717) is 12.0 Å². The zero-order chi connectivity index (χ0) is 14.5. The molecule has 3 rings (SSSR count). The molecule has 1 heterocycles. The molecular weight excluding hydrogens is 284 g/mol. The summed E-state index contributed by atoms with van der Waals surface area (Å²) < 4.78 is 39.3. The number of ether oxygens (including phenoxy) is 2. The van der Waals surface area contributed by atoms with E-state index in [-0.39, 0.29) is 42.5 Å². The van der Waals surface area contributed by atoms with Crippen molar-refractivity contribution in [3.05, 3.63) is 12.2 Å². The highest BCUT2D eigenvalue weighted by Gasteiger charge is 2.64. The highest BCUT2D eigenvalue weighted by Crippen LogP contribution is 2.55. The predicted molar refractivity (Wildman–Crippen MR) is 69.3 cm³/mol. The Hall–Kier alpha value is -0.920. The van der Waals surface area contributed by atoms with Crippen molar-refractivity contribution in [2.24, 2.45) is 11.8 Å². The number of hydrogen-bond acceptors (Lipinski definition) is 6. The minimum absolute atomic E-state index is 0.0768. The van der Waals surface area contributed by atoms with Crippen LogP contribution in [-0.4, -0.2) is 45.1 Å². The Morgan fingerprint density at radius 1 is 1.35 bits per heavy atom. The van der Waals surface area contributed by atoms with Crippen molar-refractivity contribution in [1.29, 1.82) is 0 Å². The van der Waals surface area contributed by atoms with Gasteiger partial charge in [0.05, 0.1) is 18.0 Å². The van der Waals surface area contributed by atoms with Crippen molar-refractivity contribution in [1.82, 2.24) is 0 Å². The zero-order valence-electron chi connectivity index (χ0n) is 11.3. The predicted octanol–water partition coefficient (Wildman–Crippen LogP) is 0.628. The third-order valence-electron chi connectivity index (χ3n) is 4.39. The van der Waals surface area contributed by atoms with Gasteiger partial charge < -0.3 is 9.47 Å². The third-order valence-corrected chi connectivity index (χ3v) is 6.16. The van der Waals surface area contributed by atoms with E-state index in [0.717, 1.165) is 6.42 Å². The maximum Gasteiger partial charge on any atom is 0.333 e. The Kier molecular flexibility index (Phi) is 3.38. The molecule has 0 radical (unpaired) electrons. The molecule has 6 nitrogen and oxygen atoms in total. The van der Waals surface area contributed by atoms with Gasteiger partial charge in [0, 0.05) is 11.5 Å². The molecule has 0 aromatic rings. The van der Waals surface area contributed by atoms with Crippen LogP contribution in [0.3, 0.4) is 0 Å². The monoisotopic (exact) mass is 302 g/mol. The number of carbonyl (C=O) groups is 1.